The molecule has 1 N–H and O–H groups in total. The van der Waals surface area contributed by atoms with E-state index in [1.807, 2.05) is 12.1 Å². The molecule has 1 unspecified atom stereocenters. The van der Waals surface area contributed by atoms with Crippen LogP contribution in [0.5, 0.6) is 5.75 Å². The van der Waals surface area contributed by atoms with Crippen molar-refractivity contribution in [2.75, 3.05) is 12.4 Å². The summed E-state index contributed by atoms with van der Waals surface area (Å²) in [5.74, 6) is 0.886. The summed E-state index contributed by atoms with van der Waals surface area (Å²) in [6.45, 7) is 2.21. The Morgan fingerprint density at radius 3 is 2.26 bits per heavy atom. The molecule has 0 heterocycles. The second kappa shape index (κ2) is 6.83. The lowest BCUT2D eigenvalue weighted by molar-refractivity contribution is 0.415. The van der Waals surface area contributed by atoms with E-state index in [0.717, 1.165) is 24.3 Å². The molecule has 2 rings (SSSR count). The summed E-state index contributed by atoms with van der Waals surface area (Å²) in [5.41, 5.74) is 2.46. The van der Waals surface area contributed by atoms with E-state index >= 15 is 0 Å². The van der Waals surface area contributed by atoms with Gasteiger partial charge in [0.15, 0.2) is 0 Å². The first-order valence-electron chi connectivity index (χ1n) is 6.79. The average Bonchev–Trinajstić information content (AvgIpc) is 2.48. The standard InChI is InChI=1S/C17H21NO/c1-3-7-17(14-8-5-4-6-9-14)18-15-10-12-16(19-2)13-11-15/h4-6,8-13,17-18H,3,7H2,1-2H3. The van der Waals surface area contributed by atoms with E-state index < -0.39 is 0 Å². The molecule has 0 aliphatic carbocycles. The highest BCUT2D eigenvalue weighted by molar-refractivity contribution is 5.48. The Kier molecular flexibility index (Phi) is 4.85. The van der Waals surface area contributed by atoms with Gasteiger partial charge in [0.2, 0.25) is 0 Å². The SMILES string of the molecule is CCCC(Nc1ccc(OC)cc1)c1ccccc1. The number of benzene rings is 2. The Morgan fingerprint density at radius 1 is 1.00 bits per heavy atom. The quantitative estimate of drug-likeness (QED) is 0.811. The molecular formula is C17H21NO. The van der Waals surface area contributed by atoms with Crippen LogP contribution in [0.25, 0.3) is 0 Å². The molecule has 0 spiro atoms. The first kappa shape index (κ1) is 13.5. The predicted octanol–water partition coefficient (Wildman–Crippen LogP) is 4.65. The Bertz CT molecular complexity index is 478. The highest BCUT2D eigenvalue weighted by Gasteiger charge is 2.09. The van der Waals surface area contributed by atoms with E-state index in [-0.39, 0.29) is 0 Å². The van der Waals surface area contributed by atoms with Gasteiger partial charge in [-0.1, -0.05) is 43.7 Å². The molecule has 2 aromatic carbocycles. The van der Waals surface area contributed by atoms with Gasteiger partial charge in [-0.15, -0.1) is 0 Å². The van der Waals surface area contributed by atoms with E-state index in [1.54, 1.807) is 7.11 Å². The lowest BCUT2D eigenvalue weighted by atomic mass is 10.0. The Labute approximate surface area is 115 Å². The van der Waals surface area contributed by atoms with Crippen LogP contribution in [0.2, 0.25) is 0 Å². The van der Waals surface area contributed by atoms with Crippen molar-refractivity contribution in [2.24, 2.45) is 0 Å². The summed E-state index contributed by atoms with van der Waals surface area (Å²) < 4.78 is 5.18. The normalized spacial score (nSPS) is 11.9. The number of anilines is 1. The summed E-state index contributed by atoms with van der Waals surface area (Å²) >= 11 is 0. The number of nitrogens with one attached hydrogen (secondary N) is 1. The molecule has 0 saturated carbocycles. The third-order valence-electron chi connectivity index (χ3n) is 3.21. The van der Waals surface area contributed by atoms with Gasteiger partial charge < -0.3 is 10.1 Å². The molecule has 0 saturated heterocycles. The number of ether oxygens (including phenoxy) is 1. The number of hydrogen-bond donors (Lipinski definition) is 1. The molecule has 0 aliphatic heterocycles. The van der Waals surface area contributed by atoms with Crippen LogP contribution in [0.3, 0.4) is 0 Å². The van der Waals surface area contributed by atoms with E-state index in [0.29, 0.717) is 6.04 Å². The maximum absolute atomic E-state index is 5.18. The van der Waals surface area contributed by atoms with Crippen molar-refractivity contribution < 1.29 is 4.74 Å². The van der Waals surface area contributed by atoms with Crippen LogP contribution >= 0.6 is 0 Å². The smallest absolute Gasteiger partial charge is 0.119 e. The minimum absolute atomic E-state index is 0.361. The molecule has 2 nitrogen and oxygen atoms in total. The number of rotatable bonds is 6. The largest absolute Gasteiger partial charge is 0.497 e. The minimum Gasteiger partial charge on any atom is -0.497 e. The van der Waals surface area contributed by atoms with Crippen molar-refractivity contribution in [1.29, 1.82) is 0 Å². The molecule has 19 heavy (non-hydrogen) atoms. The fraction of sp³-hybridized carbons (Fsp3) is 0.294. The van der Waals surface area contributed by atoms with Gasteiger partial charge in [-0.25, -0.2) is 0 Å². The van der Waals surface area contributed by atoms with Crippen LogP contribution < -0.4 is 10.1 Å². The summed E-state index contributed by atoms with van der Waals surface area (Å²) in [6.07, 6.45) is 2.28. The summed E-state index contributed by atoms with van der Waals surface area (Å²) in [4.78, 5) is 0. The van der Waals surface area contributed by atoms with Gasteiger partial charge in [-0.05, 0) is 36.2 Å². The Morgan fingerprint density at radius 2 is 1.68 bits per heavy atom. The molecule has 0 aliphatic rings. The predicted molar refractivity (Wildman–Crippen MR) is 80.7 cm³/mol. The first-order chi connectivity index (χ1) is 9.33. The van der Waals surface area contributed by atoms with E-state index in [4.69, 9.17) is 4.74 Å². The molecule has 0 amide bonds. The molecule has 100 valence electrons. The molecule has 0 fully saturated rings. The van der Waals surface area contributed by atoms with Crippen LogP contribution in [0, 0.1) is 0 Å². The number of hydrogen-bond acceptors (Lipinski definition) is 2. The van der Waals surface area contributed by atoms with Crippen LogP contribution in [0.4, 0.5) is 5.69 Å². The number of methoxy groups -OCH3 is 1. The average molecular weight is 255 g/mol. The maximum Gasteiger partial charge on any atom is 0.119 e. The minimum atomic E-state index is 0.361. The molecule has 2 heteroatoms. The van der Waals surface area contributed by atoms with Gasteiger partial charge in [-0.3, -0.25) is 0 Å². The second-order valence-corrected chi connectivity index (χ2v) is 4.62. The van der Waals surface area contributed by atoms with Gasteiger partial charge in [0.25, 0.3) is 0 Å². The third kappa shape index (κ3) is 3.75. The summed E-state index contributed by atoms with van der Waals surface area (Å²) in [5, 5.41) is 3.59. The van der Waals surface area contributed by atoms with Crippen molar-refractivity contribution in [2.45, 2.75) is 25.8 Å². The van der Waals surface area contributed by atoms with Gasteiger partial charge >= 0.3 is 0 Å². The van der Waals surface area contributed by atoms with Crippen LogP contribution in [0.1, 0.15) is 31.4 Å². The molecule has 1 atom stereocenters. The van der Waals surface area contributed by atoms with E-state index in [1.165, 1.54) is 5.56 Å². The van der Waals surface area contributed by atoms with Crippen molar-refractivity contribution >= 4 is 5.69 Å². The molecule has 2 aromatic rings. The topological polar surface area (TPSA) is 21.3 Å². The fourth-order valence-corrected chi connectivity index (χ4v) is 2.18. The second-order valence-electron chi connectivity index (χ2n) is 4.62. The lowest BCUT2D eigenvalue weighted by Gasteiger charge is -2.20. The first-order valence-corrected chi connectivity index (χ1v) is 6.79. The Hall–Kier alpha value is -1.96. The summed E-state index contributed by atoms with van der Waals surface area (Å²) in [7, 11) is 1.69. The monoisotopic (exact) mass is 255 g/mol. The van der Waals surface area contributed by atoms with Crippen molar-refractivity contribution in [3.8, 4) is 5.75 Å². The van der Waals surface area contributed by atoms with Crippen LogP contribution in [-0.4, -0.2) is 7.11 Å². The molecule has 0 radical (unpaired) electrons. The third-order valence-corrected chi connectivity index (χ3v) is 3.21. The highest BCUT2D eigenvalue weighted by atomic mass is 16.5. The van der Waals surface area contributed by atoms with Gasteiger partial charge in [0, 0.05) is 5.69 Å². The van der Waals surface area contributed by atoms with Gasteiger partial charge in [-0.2, -0.15) is 0 Å². The van der Waals surface area contributed by atoms with E-state index in [9.17, 15) is 0 Å². The zero-order valence-electron chi connectivity index (χ0n) is 11.6. The lowest BCUT2D eigenvalue weighted by Crippen LogP contribution is -2.10. The molecular weight excluding hydrogens is 234 g/mol. The summed E-state index contributed by atoms with van der Waals surface area (Å²) in [6, 6.07) is 19.0. The van der Waals surface area contributed by atoms with Crippen molar-refractivity contribution in [3.05, 3.63) is 60.2 Å². The van der Waals surface area contributed by atoms with Crippen molar-refractivity contribution in [3.63, 3.8) is 0 Å². The zero-order valence-corrected chi connectivity index (χ0v) is 11.6. The maximum atomic E-state index is 5.18. The van der Waals surface area contributed by atoms with Crippen molar-refractivity contribution in [1.82, 2.24) is 0 Å². The zero-order chi connectivity index (χ0) is 13.5. The molecule has 0 aromatic heterocycles. The van der Waals surface area contributed by atoms with E-state index in [2.05, 4.69) is 54.7 Å². The fourth-order valence-electron chi connectivity index (χ4n) is 2.18. The van der Waals surface area contributed by atoms with Crippen LogP contribution in [-0.2, 0) is 0 Å². The van der Waals surface area contributed by atoms with Crippen LogP contribution in [0.15, 0.2) is 54.6 Å². The Balaban J connectivity index is 2.11. The van der Waals surface area contributed by atoms with Gasteiger partial charge in [0.1, 0.15) is 5.75 Å². The highest BCUT2D eigenvalue weighted by Crippen LogP contribution is 2.25. The molecule has 0 bridgehead atoms. The van der Waals surface area contributed by atoms with Gasteiger partial charge in [0.05, 0.1) is 13.2 Å².